The molecule has 1 heterocycles. The maximum absolute atomic E-state index is 6.67. The average molecular weight is 614 g/mol. The second-order valence-corrected chi connectivity index (χ2v) is 12.1. The van der Waals surface area contributed by atoms with Crippen molar-refractivity contribution in [1.29, 1.82) is 0 Å². The summed E-state index contributed by atoms with van der Waals surface area (Å²) in [6.07, 6.45) is 0. The lowest BCUT2D eigenvalue weighted by Crippen LogP contribution is -2.10. The van der Waals surface area contributed by atoms with Gasteiger partial charge in [-0.3, -0.25) is 0 Å². The Kier molecular flexibility index (Phi) is 6.84. The second kappa shape index (κ2) is 11.8. The molecule has 8 aromatic carbocycles. The highest BCUT2D eigenvalue weighted by atomic mass is 16.3. The summed E-state index contributed by atoms with van der Waals surface area (Å²) in [5, 5.41) is 4.46. The third-order valence-electron chi connectivity index (χ3n) is 9.25. The topological polar surface area (TPSA) is 16.4 Å². The van der Waals surface area contributed by atoms with Crippen molar-refractivity contribution in [3.05, 3.63) is 188 Å². The molecule has 0 saturated heterocycles. The third-order valence-corrected chi connectivity index (χ3v) is 9.25. The molecule has 0 spiro atoms. The van der Waals surface area contributed by atoms with Gasteiger partial charge in [-0.1, -0.05) is 152 Å². The van der Waals surface area contributed by atoms with Crippen molar-refractivity contribution in [3.8, 4) is 33.4 Å². The molecule has 0 N–H and O–H groups in total. The maximum atomic E-state index is 6.67. The van der Waals surface area contributed by atoms with Crippen molar-refractivity contribution in [2.24, 2.45) is 0 Å². The number of anilines is 3. The molecule has 9 aromatic rings. The Morgan fingerprint density at radius 3 is 1.62 bits per heavy atom. The van der Waals surface area contributed by atoms with E-state index >= 15 is 0 Å². The Bertz CT molecular complexity index is 2530. The van der Waals surface area contributed by atoms with Gasteiger partial charge in [0.15, 0.2) is 0 Å². The van der Waals surface area contributed by atoms with E-state index in [4.69, 9.17) is 4.42 Å². The number of rotatable bonds is 6. The Hall–Kier alpha value is -6.38. The number of hydrogen-bond donors (Lipinski definition) is 0. The van der Waals surface area contributed by atoms with Gasteiger partial charge in [-0.15, -0.1) is 0 Å². The molecule has 0 saturated carbocycles. The minimum Gasteiger partial charge on any atom is -0.455 e. The summed E-state index contributed by atoms with van der Waals surface area (Å²) >= 11 is 0. The molecule has 0 amide bonds. The molecular formula is C46H31NO. The van der Waals surface area contributed by atoms with E-state index in [1.165, 1.54) is 33.4 Å². The quantitative estimate of drug-likeness (QED) is 0.185. The first kappa shape index (κ1) is 27.9. The summed E-state index contributed by atoms with van der Waals surface area (Å²) in [7, 11) is 0. The van der Waals surface area contributed by atoms with Gasteiger partial charge in [-0.05, 0) is 69.8 Å². The number of nitrogens with zero attached hydrogens (tertiary/aromatic N) is 1. The van der Waals surface area contributed by atoms with Crippen LogP contribution in [0.1, 0.15) is 0 Å². The fourth-order valence-corrected chi connectivity index (χ4v) is 6.99. The minimum absolute atomic E-state index is 0.890. The van der Waals surface area contributed by atoms with Gasteiger partial charge in [0.1, 0.15) is 11.2 Å². The molecule has 9 rings (SSSR count). The normalized spacial score (nSPS) is 11.3. The fourth-order valence-electron chi connectivity index (χ4n) is 6.99. The number of furan rings is 1. The van der Waals surface area contributed by atoms with E-state index in [9.17, 15) is 0 Å². The van der Waals surface area contributed by atoms with Gasteiger partial charge >= 0.3 is 0 Å². The number of para-hydroxylation sites is 1. The number of hydrogen-bond acceptors (Lipinski definition) is 2. The predicted octanol–water partition coefficient (Wildman–Crippen LogP) is 13.2. The molecule has 226 valence electrons. The summed E-state index contributed by atoms with van der Waals surface area (Å²) < 4.78 is 6.67. The largest absolute Gasteiger partial charge is 0.455 e. The van der Waals surface area contributed by atoms with Crippen LogP contribution in [0.15, 0.2) is 192 Å². The van der Waals surface area contributed by atoms with E-state index in [0.717, 1.165) is 49.8 Å². The Labute approximate surface area is 279 Å². The first-order chi connectivity index (χ1) is 23.8. The van der Waals surface area contributed by atoms with Crippen molar-refractivity contribution in [1.82, 2.24) is 0 Å². The molecule has 2 heteroatoms. The van der Waals surface area contributed by atoms with Crippen LogP contribution < -0.4 is 4.90 Å². The lowest BCUT2D eigenvalue weighted by molar-refractivity contribution is 0.673. The van der Waals surface area contributed by atoms with Gasteiger partial charge in [0.2, 0.25) is 0 Å². The molecule has 0 aliphatic heterocycles. The van der Waals surface area contributed by atoms with E-state index < -0.39 is 0 Å². The second-order valence-electron chi connectivity index (χ2n) is 12.1. The van der Waals surface area contributed by atoms with Gasteiger partial charge in [0, 0.05) is 32.9 Å². The lowest BCUT2D eigenvalue weighted by Gasteiger charge is -2.27. The molecule has 0 unspecified atom stereocenters. The molecule has 0 atom stereocenters. The summed E-state index contributed by atoms with van der Waals surface area (Å²) in [5.74, 6) is 0. The Morgan fingerprint density at radius 2 is 0.896 bits per heavy atom. The van der Waals surface area contributed by atoms with Crippen LogP contribution >= 0.6 is 0 Å². The zero-order chi connectivity index (χ0) is 31.9. The molecule has 48 heavy (non-hydrogen) atoms. The van der Waals surface area contributed by atoms with E-state index in [1.54, 1.807) is 0 Å². The van der Waals surface area contributed by atoms with Crippen LogP contribution in [0.25, 0.3) is 66.1 Å². The highest BCUT2D eigenvalue weighted by Gasteiger charge is 2.21. The molecule has 1 aromatic heterocycles. The summed E-state index contributed by atoms with van der Waals surface area (Å²) in [6.45, 7) is 0. The van der Waals surface area contributed by atoms with Gasteiger partial charge in [0.25, 0.3) is 0 Å². The number of fused-ring (bicyclic) bond motifs is 5. The summed E-state index contributed by atoms with van der Waals surface area (Å²) in [4.78, 5) is 2.38. The Balaban J connectivity index is 1.26. The zero-order valence-corrected chi connectivity index (χ0v) is 26.3. The smallest absolute Gasteiger partial charge is 0.143 e. The van der Waals surface area contributed by atoms with Gasteiger partial charge in [-0.2, -0.15) is 0 Å². The molecule has 0 bridgehead atoms. The summed E-state index contributed by atoms with van der Waals surface area (Å²) in [6, 6.07) is 66.8. The standard InChI is InChI=1S/C46H31NO/c1-4-14-32(15-5-1)33-26-28-34(29-27-33)36-18-12-21-38(30-36)47(37-19-8-3-9-20-37)43-31-42-45-39(35-16-6-2-7-17-35)24-13-25-44(45)48-46(42)41-23-11-10-22-40(41)43/h1-31H. The average Bonchev–Trinajstić information content (AvgIpc) is 3.55. The van der Waals surface area contributed by atoms with Crippen LogP contribution in [0.3, 0.4) is 0 Å². The SMILES string of the molecule is c1ccc(-c2ccc(-c3cccc(N(c4ccccc4)c4cc5c(oc6cccc(-c7ccccc7)c65)c5ccccc45)c3)cc2)cc1. The van der Waals surface area contributed by atoms with Crippen LogP contribution in [-0.2, 0) is 0 Å². The van der Waals surface area contributed by atoms with Crippen LogP contribution in [0, 0.1) is 0 Å². The van der Waals surface area contributed by atoms with E-state index in [-0.39, 0.29) is 0 Å². The molecular weight excluding hydrogens is 583 g/mol. The molecule has 0 aliphatic carbocycles. The molecule has 0 radical (unpaired) electrons. The monoisotopic (exact) mass is 613 g/mol. The minimum atomic E-state index is 0.890. The van der Waals surface area contributed by atoms with Gasteiger partial charge < -0.3 is 9.32 Å². The molecule has 2 nitrogen and oxygen atoms in total. The summed E-state index contributed by atoms with van der Waals surface area (Å²) in [5.41, 5.74) is 12.2. The first-order valence-electron chi connectivity index (χ1n) is 16.4. The zero-order valence-electron chi connectivity index (χ0n) is 26.3. The van der Waals surface area contributed by atoms with Crippen molar-refractivity contribution < 1.29 is 4.42 Å². The van der Waals surface area contributed by atoms with Gasteiger partial charge in [-0.25, -0.2) is 0 Å². The predicted molar refractivity (Wildman–Crippen MR) is 202 cm³/mol. The highest BCUT2D eigenvalue weighted by molar-refractivity contribution is 6.22. The Morgan fingerprint density at radius 1 is 0.354 bits per heavy atom. The molecule has 0 aliphatic rings. The third kappa shape index (κ3) is 4.83. The van der Waals surface area contributed by atoms with Crippen molar-refractivity contribution in [2.75, 3.05) is 4.90 Å². The van der Waals surface area contributed by atoms with Crippen LogP contribution in [-0.4, -0.2) is 0 Å². The fraction of sp³-hybridized carbons (Fsp3) is 0. The maximum Gasteiger partial charge on any atom is 0.143 e. The van der Waals surface area contributed by atoms with Gasteiger partial charge in [0.05, 0.1) is 5.69 Å². The van der Waals surface area contributed by atoms with Crippen molar-refractivity contribution >= 4 is 49.8 Å². The number of benzene rings is 8. The van der Waals surface area contributed by atoms with E-state index in [1.807, 2.05) is 0 Å². The van der Waals surface area contributed by atoms with Crippen LogP contribution in [0.2, 0.25) is 0 Å². The van der Waals surface area contributed by atoms with E-state index in [2.05, 4.69) is 193 Å². The van der Waals surface area contributed by atoms with E-state index in [0.29, 0.717) is 0 Å². The highest BCUT2D eigenvalue weighted by Crippen LogP contribution is 2.46. The van der Waals surface area contributed by atoms with Crippen molar-refractivity contribution in [3.63, 3.8) is 0 Å². The van der Waals surface area contributed by atoms with Crippen LogP contribution in [0.5, 0.6) is 0 Å². The lowest BCUT2D eigenvalue weighted by atomic mass is 9.96. The van der Waals surface area contributed by atoms with Crippen LogP contribution in [0.4, 0.5) is 17.1 Å². The first-order valence-corrected chi connectivity index (χ1v) is 16.4. The van der Waals surface area contributed by atoms with Crippen molar-refractivity contribution in [2.45, 2.75) is 0 Å². The molecule has 0 fully saturated rings.